The Labute approximate surface area is 323 Å². The molecule has 3 saturated carbocycles. The fraction of sp³-hybridized carbons (Fsp3) is 0.868. The molecule has 1 saturated heterocycles. The van der Waals surface area contributed by atoms with E-state index in [9.17, 15) is 29.1 Å². The Morgan fingerprint density at radius 2 is 1.48 bits per heavy atom. The molecule has 15 nitrogen and oxygen atoms in total. The molecule has 4 fully saturated rings. The van der Waals surface area contributed by atoms with E-state index in [2.05, 4.69) is 59.6 Å². The fourth-order valence-corrected chi connectivity index (χ4v) is 8.24. The molecule has 1 heterocycles. The number of aliphatic hydroxyl groups is 1. The number of nitrogens with two attached hydrogens (primary N) is 1. The molecule has 0 radical (unpaired) electrons. The number of nitrogens with one attached hydrogen (secondary N) is 6. The standard InChI is InChI=1S/C38H70BN7O8/c1-6-7-8-9-10-11-12-15-19-41-20-17-31(48)42-23-33(50)46-34(26(2)47)36(52)43-24-32(49)45-28(16-13-14-18-40)35(51)44-25-39-53-30-22-27-21-29(37(27,3)4)38(30,5)54-39/h26-30,34,41,47H,6-25,40H2,1-5H3,(H,42,48)(H,43,52)(H,44,51)(H,45,49)(H,46,50)/t26?,27?,28?,29?,30?,34?,38-/m0/s1. The molecule has 2 bridgehead atoms. The van der Waals surface area contributed by atoms with Crippen LogP contribution in [0.15, 0.2) is 0 Å². The summed E-state index contributed by atoms with van der Waals surface area (Å²) < 4.78 is 12.6. The average molecular weight is 764 g/mol. The first-order valence-electron chi connectivity index (χ1n) is 20.6. The van der Waals surface area contributed by atoms with Crippen LogP contribution < -0.4 is 37.6 Å². The van der Waals surface area contributed by atoms with Gasteiger partial charge in [-0.25, -0.2) is 0 Å². The molecule has 9 N–H and O–H groups in total. The first-order valence-corrected chi connectivity index (χ1v) is 20.6. The van der Waals surface area contributed by atoms with E-state index in [4.69, 9.17) is 15.0 Å². The van der Waals surface area contributed by atoms with Gasteiger partial charge in [0.05, 0.1) is 37.3 Å². The van der Waals surface area contributed by atoms with E-state index in [-0.39, 0.29) is 36.8 Å². The van der Waals surface area contributed by atoms with Gasteiger partial charge in [0.2, 0.25) is 29.5 Å². The van der Waals surface area contributed by atoms with Crippen LogP contribution in [-0.4, -0.2) is 111 Å². The number of unbranched alkanes of at least 4 members (excludes halogenated alkanes) is 8. The Kier molecular flexibility index (Phi) is 19.2. The first-order chi connectivity index (χ1) is 25.7. The summed E-state index contributed by atoms with van der Waals surface area (Å²) in [5.41, 5.74) is 5.45. The van der Waals surface area contributed by atoms with Crippen molar-refractivity contribution < 1.29 is 38.4 Å². The molecule has 1 aliphatic heterocycles. The summed E-state index contributed by atoms with van der Waals surface area (Å²) >= 11 is 0. The minimum atomic E-state index is -1.37. The van der Waals surface area contributed by atoms with Crippen LogP contribution in [0.3, 0.4) is 0 Å². The van der Waals surface area contributed by atoms with Gasteiger partial charge in [0, 0.05) is 13.0 Å². The molecule has 6 unspecified atom stereocenters. The molecule has 0 aromatic heterocycles. The normalized spacial score (nSPS) is 24.0. The lowest BCUT2D eigenvalue weighted by atomic mass is 9.43. The Morgan fingerprint density at radius 1 is 0.815 bits per heavy atom. The minimum Gasteiger partial charge on any atom is -0.404 e. The van der Waals surface area contributed by atoms with Crippen molar-refractivity contribution in [2.75, 3.05) is 39.2 Å². The quantitative estimate of drug-likeness (QED) is 0.0441. The van der Waals surface area contributed by atoms with E-state index in [1.165, 1.54) is 45.4 Å². The Balaban J connectivity index is 1.34. The molecule has 0 aromatic carbocycles. The van der Waals surface area contributed by atoms with Crippen LogP contribution in [0.4, 0.5) is 0 Å². The van der Waals surface area contributed by atoms with Gasteiger partial charge < -0.3 is 52.0 Å². The van der Waals surface area contributed by atoms with E-state index in [1.54, 1.807) is 0 Å². The van der Waals surface area contributed by atoms with Crippen molar-refractivity contribution >= 4 is 36.7 Å². The number of carbonyl (C=O) groups is 5. The van der Waals surface area contributed by atoms with Crippen molar-refractivity contribution in [1.82, 2.24) is 31.9 Å². The number of aliphatic hydroxyl groups excluding tert-OH is 1. The molecular formula is C38H70BN7O8. The van der Waals surface area contributed by atoms with Crippen LogP contribution >= 0.6 is 0 Å². The first kappa shape index (κ1) is 45.6. The third kappa shape index (κ3) is 13.8. The van der Waals surface area contributed by atoms with E-state index in [0.717, 1.165) is 32.2 Å². The van der Waals surface area contributed by atoms with Crippen molar-refractivity contribution in [3.05, 3.63) is 0 Å². The van der Waals surface area contributed by atoms with Gasteiger partial charge in [-0.3, -0.25) is 24.0 Å². The summed E-state index contributed by atoms with van der Waals surface area (Å²) in [7, 11) is -0.592. The van der Waals surface area contributed by atoms with E-state index in [0.29, 0.717) is 44.2 Å². The van der Waals surface area contributed by atoms with Gasteiger partial charge in [-0.2, -0.15) is 0 Å². The molecule has 7 atom stereocenters. The van der Waals surface area contributed by atoms with Crippen LogP contribution in [0.2, 0.25) is 0 Å². The second-order valence-electron chi connectivity index (χ2n) is 16.3. The summed E-state index contributed by atoms with van der Waals surface area (Å²) in [5, 5.41) is 26.4. The van der Waals surface area contributed by atoms with Crippen molar-refractivity contribution in [2.45, 2.75) is 154 Å². The third-order valence-electron chi connectivity index (χ3n) is 11.7. The predicted octanol–water partition coefficient (Wildman–Crippen LogP) is 1.20. The topological polar surface area (TPSA) is 222 Å². The molecule has 54 heavy (non-hydrogen) atoms. The van der Waals surface area contributed by atoms with Gasteiger partial charge in [0.1, 0.15) is 12.1 Å². The van der Waals surface area contributed by atoms with E-state index < -0.39 is 61.1 Å². The number of amides is 5. The summed E-state index contributed by atoms with van der Waals surface area (Å²) in [6, 6.07) is -2.25. The minimum absolute atomic E-state index is 0.0181. The summed E-state index contributed by atoms with van der Waals surface area (Å²) in [5.74, 6) is -1.80. The number of carbonyl (C=O) groups excluding carboxylic acids is 5. The van der Waals surface area contributed by atoms with Crippen LogP contribution in [-0.2, 0) is 33.3 Å². The molecular weight excluding hydrogens is 693 g/mol. The summed E-state index contributed by atoms with van der Waals surface area (Å²) in [6.45, 7) is 11.1. The van der Waals surface area contributed by atoms with Crippen LogP contribution in [0.5, 0.6) is 0 Å². The maximum Gasteiger partial charge on any atom is 0.478 e. The highest BCUT2D eigenvalue weighted by molar-refractivity contribution is 6.46. The highest BCUT2D eigenvalue weighted by atomic mass is 16.7. The van der Waals surface area contributed by atoms with Crippen molar-refractivity contribution in [3.8, 4) is 0 Å². The van der Waals surface area contributed by atoms with Gasteiger partial charge in [0.25, 0.3) is 0 Å². The zero-order valence-corrected chi connectivity index (χ0v) is 33.6. The molecule has 16 heteroatoms. The third-order valence-corrected chi connectivity index (χ3v) is 11.7. The molecule has 5 amide bonds. The molecule has 4 rings (SSSR count). The SMILES string of the molecule is CCCCCCCCCCNCCC(=O)NCC(=O)NC(C(=O)NCC(=O)NC(CCCCN)C(=O)NCB1OC2CC3CC(C3(C)C)[C@]2(C)O1)C(C)O. The predicted molar refractivity (Wildman–Crippen MR) is 208 cm³/mol. The largest absolute Gasteiger partial charge is 0.478 e. The van der Waals surface area contributed by atoms with Gasteiger partial charge >= 0.3 is 7.12 Å². The van der Waals surface area contributed by atoms with Gasteiger partial charge in [-0.15, -0.1) is 0 Å². The van der Waals surface area contributed by atoms with Crippen LogP contribution in [0, 0.1) is 17.3 Å². The zero-order chi connectivity index (χ0) is 39.7. The van der Waals surface area contributed by atoms with Crippen LogP contribution in [0.1, 0.15) is 125 Å². The second kappa shape index (κ2) is 22.7. The maximum absolute atomic E-state index is 13.3. The number of hydrogen-bond acceptors (Lipinski definition) is 10. The Bertz CT molecular complexity index is 1230. The van der Waals surface area contributed by atoms with Gasteiger partial charge in [-0.05, 0) is 82.7 Å². The molecule has 0 aromatic rings. The van der Waals surface area contributed by atoms with Crippen LogP contribution in [0.25, 0.3) is 0 Å². The van der Waals surface area contributed by atoms with Crippen molar-refractivity contribution in [1.29, 1.82) is 0 Å². The summed E-state index contributed by atoms with van der Waals surface area (Å²) in [4.78, 5) is 63.8. The molecule has 4 aliphatic rings. The van der Waals surface area contributed by atoms with E-state index in [1.807, 2.05) is 0 Å². The molecule has 0 spiro atoms. The van der Waals surface area contributed by atoms with Crippen molar-refractivity contribution in [2.24, 2.45) is 23.0 Å². The number of hydrogen-bond donors (Lipinski definition) is 8. The molecule has 3 aliphatic carbocycles. The Hall–Kier alpha value is -2.79. The van der Waals surface area contributed by atoms with Gasteiger partial charge in [-0.1, -0.05) is 65.7 Å². The zero-order valence-electron chi connectivity index (χ0n) is 33.6. The maximum atomic E-state index is 13.3. The fourth-order valence-electron chi connectivity index (χ4n) is 8.24. The smallest absolute Gasteiger partial charge is 0.404 e. The Morgan fingerprint density at radius 3 is 2.15 bits per heavy atom. The highest BCUT2D eigenvalue weighted by Crippen LogP contribution is 2.65. The average Bonchev–Trinajstić information content (AvgIpc) is 3.48. The van der Waals surface area contributed by atoms with E-state index >= 15 is 0 Å². The highest BCUT2D eigenvalue weighted by Gasteiger charge is 2.67. The lowest BCUT2D eigenvalue weighted by Crippen LogP contribution is -2.65. The summed E-state index contributed by atoms with van der Waals surface area (Å²) in [6.07, 6.45) is 12.5. The van der Waals surface area contributed by atoms with Crippen molar-refractivity contribution in [3.63, 3.8) is 0 Å². The lowest BCUT2D eigenvalue weighted by molar-refractivity contribution is -0.199. The monoisotopic (exact) mass is 764 g/mol. The second-order valence-corrected chi connectivity index (χ2v) is 16.3. The molecule has 308 valence electrons. The lowest BCUT2D eigenvalue weighted by Gasteiger charge is -2.64. The van der Waals surface area contributed by atoms with Gasteiger partial charge in [0.15, 0.2) is 0 Å². The number of rotatable bonds is 27.